The first-order chi connectivity index (χ1) is 28.9. The second-order valence-corrected chi connectivity index (χ2v) is 14.6. The molecular weight excluding hydrogens is 761 g/mol. The first-order valence-corrected chi connectivity index (χ1v) is 19.6. The van der Waals surface area contributed by atoms with E-state index in [1.165, 1.54) is 18.9 Å². The molecule has 0 aliphatic carbocycles. The van der Waals surface area contributed by atoms with Crippen molar-refractivity contribution in [3.63, 3.8) is 0 Å². The molecule has 310 valence electrons. The molecular formula is C47H50N6O7. The normalized spacial score (nSPS) is 13.0. The summed E-state index contributed by atoms with van der Waals surface area (Å²) in [5.74, 6) is -0.577. The molecule has 60 heavy (non-hydrogen) atoms. The summed E-state index contributed by atoms with van der Waals surface area (Å²) in [6, 6.07) is 35.4. The number of nitrogens with one attached hydrogen (secondary N) is 2. The van der Waals surface area contributed by atoms with Crippen LogP contribution in [0.5, 0.6) is 11.5 Å². The van der Waals surface area contributed by atoms with E-state index in [2.05, 4.69) is 10.6 Å². The van der Waals surface area contributed by atoms with Crippen LogP contribution < -0.4 is 35.6 Å². The van der Waals surface area contributed by atoms with Gasteiger partial charge >= 0.3 is 5.69 Å². The lowest BCUT2D eigenvalue weighted by Crippen LogP contribution is -2.51. The number of carbonyl (C=O) groups excluding carboxylic acids is 4. The minimum Gasteiger partial charge on any atom is -0.497 e. The summed E-state index contributed by atoms with van der Waals surface area (Å²) in [5, 5.41) is 5.86. The number of ether oxygens (including phenoxy) is 2. The van der Waals surface area contributed by atoms with Gasteiger partial charge in [-0.25, -0.2) is 4.79 Å². The minimum absolute atomic E-state index is 0.197. The first kappa shape index (κ1) is 42.5. The molecule has 13 nitrogen and oxygen atoms in total. The molecule has 0 fully saturated rings. The molecule has 1 heterocycles. The average molecular weight is 811 g/mol. The van der Waals surface area contributed by atoms with Gasteiger partial charge in [0.25, 0.3) is 0 Å². The van der Waals surface area contributed by atoms with Crippen molar-refractivity contribution in [1.82, 2.24) is 19.8 Å². The van der Waals surface area contributed by atoms with E-state index in [1.54, 1.807) is 115 Å². The van der Waals surface area contributed by atoms with Crippen LogP contribution in [0.4, 0.5) is 11.4 Å². The van der Waals surface area contributed by atoms with E-state index in [0.717, 1.165) is 11.1 Å². The number of carbonyl (C=O) groups is 4. The van der Waals surface area contributed by atoms with Gasteiger partial charge in [-0.15, -0.1) is 0 Å². The van der Waals surface area contributed by atoms with Crippen LogP contribution in [0.3, 0.4) is 0 Å². The zero-order valence-corrected chi connectivity index (χ0v) is 34.6. The predicted octanol–water partition coefficient (Wildman–Crippen LogP) is 5.72. The largest absolute Gasteiger partial charge is 0.497 e. The van der Waals surface area contributed by atoms with Gasteiger partial charge in [0.2, 0.25) is 23.6 Å². The van der Waals surface area contributed by atoms with Crippen LogP contribution in [0.1, 0.15) is 37.1 Å². The molecule has 0 radical (unpaired) electrons. The second-order valence-electron chi connectivity index (χ2n) is 14.6. The number of fused-ring (bicyclic) bond motifs is 1. The van der Waals surface area contributed by atoms with Gasteiger partial charge in [0, 0.05) is 38.3 Å². The topological polar surface area (TPSA) is 144 Å². The van der Waals surface area contributed by atoms with E-state index >= 15 is 0 Å². The van der Waals surface area contributed by atoms with Gasteiger partial charge in [0.05, 0.1) is 25.3 Å². The standard InChI is InChI=1S/C47H50N6O7/c1-31(43(54)48-39(29-33-15-9-7-10-16-33)45(56)50(3)35-21-25-37(59-5)26-22-35)52-41-19-13-14-20-42(41)53(47(52)58)32(2)44(55)49-40(30-34-17-11-8-12-18-34)46(57)51(4)36-23-27-38(60-6)28-24-36/h7-28,31-32,39-40H,29-30H2,1-6H3,(H,48,54)(H,49,55)/t31?,32?,39-,40-/m0/s1. The van der Waals surface area contributed by atoms with Crippen molar-refractivity contribution in [1.29, 1.82) is 0 Å². The molecule has 2 N–H and O–H groups in total. The number of nitrogens with zero attached hydrogens (tertiary/aromatic N) is 4. The number of aromatic nitrogens is 2. The maximum Gasteiger partial charge on any atom is 0.330 e. The average Bonchev–Trinajstić information content (AvgIpc) is 3.58. The van der Waals surface area contributed by atoms with Crippen LogP contribution in [-0.4, -0.2) is 73.2 Å². The molecule has 5 aromatic carbocycles. The monoisotopic (exact) mass is 810 g/mol. The van der Waals surface area contributed by atoms with Gasteiger partial charge in [-0.05, 0) is 85.6 Å². The van der Waals surface area contributed by atoms with E-state index in [0.29, 0.717) is 33.9 Å². The number of benzene rings is 5. The number of para-hydroxylation sites is 2. The summed E-state index contributed by atoms with van der Waals surface area (Å²) in [5.41, 5.74) is 3.11. The molecule has 0 saturated carbocycles. The minimum atomic E-state index is -1.10. The van der Waals surface area contributed by atoms with Crippen molar-refractivity contribution in [2.45, 2.75) is 50.9 Å². The highest BCUT2D eigenvalue weighted by atomic mass is 16.5. The zero-order valence-electron chi connectivity index (χ0n) is 34.6. The van der Waals surface area contributed by atoms with Crippen LogP contribution in [0, 0.1) is 0 Å². The third-order valence-electron chi connectivity index (χ3n) is 10.7. The third kappa shape index (κ3) is 9.42. The van der Waals surface area contributed by atoms with Gasteiger partial charge < -0.3 is 29.9 Å². The van der Waals surface area contributed by atoms with Gasteiger partial charge in [0.15, 0.2) is 0 Å². The highest BCUT2D eigenvalue weighted by Gasteiger charge is 2.33. The number of hydrogen-bond donors (Lipinski definition) is 2. The zero-order chi connectivity index (χ0) is 42.9. The van der Waals surface area contributed by atoms with Gasteiger partial charge in [0.1, 0.15) is 35.7 Å². The number of likely N-dealkylation sites (N-methyl/N-ethyl adjacent to an activating group) is 2. The summed E-state index contributed by atoms with van der Waals surface area (Å²) in [7, 11) is 6.39. The molecule has 0 saturated heterocycles. The number of methoxy groups -OCH3 is 2. The van der Waals surface area contributed by atoms with Crippen LogP contribution in [0.15, 0.2) is 138 Å². The Bertz CT molecular complexity index is 2310. The SMILES string of the molecule is COc1ccc(N(C)C(=O)[C@H](Cc2ccccc2)NC(=O)C(C)n2c(=O)n(C(C)C(=O)N[C@@H](Cc3ccccc3)C(=O)N(C)c3ccc(OC)cc3)c3ccccc32)cc1. The number of hydrogen-bond acceptors (Lipinski definition) is 7. The molecule has 0 spiro atoms. The summed E-state index contributed by atoms with van der Waals surface area (Å²) in [6.45, 7) is 3.16. The van der Waals surface area contributed by atoms with E-state index < -0.39 is 41.7 Å². The van der Waals surface area contributed by atoms with Crippen LogP contribution in [0.25, 0.3) is 11.0 Å². The highest BCUT2D eigenvalue weighted by molar-refractivity contribution is 6.00. The van der Waals surface area contributed by atoms with E-state index in [9.17, 15) is 24.0 Å². The molecule has 13 heteroatoms. The molecule has 4 amide bonds. The van der Waals surface area contributed by atoms with Crippen molar-refractivity contribution < 1.29 is 28.7 Å². The lowest BCUT2D eigenvalue weighted by atomic mass is 10.0. The highest BCUT2D eigenvalue weighted by Crippen LogP contribution is 2.24. The van der Waals surface area contributed by atoms with E-state index in [1.807, 2.05) is 60.7 Å². The number of anilines is 2. The fraction of sp³-hybridized carbons (Fsp3) is 0.255. The van der Waals surface area contributed by atoms with Gasteiger partial charge in [-0.1, -0.05) is 72.8 Å². The summed E-state index contributed by atoms with van der Waals surface area (Å²) in [6.07, 6.45) is 0.395. The molecule has 4 atom stereocenters. The molecule has 6 aromatic rings. The maximum absolute atomic E-state index is 14.5. The molecule has 0 aliphatic heterocycles. The van der Waals surface area contributed by atoms with Gasteiger partial charge in [-0.3, -0.25) is 28.3 Å². The Kier molecular flexibility index (Phi) is 13.5. The van der Waals surface area contributed by atoms with Crippen LogP contribution >= 0.6 is 0 Å². The summed E-state index contributed by atoms with van der Waals surface area (Å²) in [4.78, 5) is 74.0. The van der Waals surface area contributed by atoms with Gasteiger partial charge in [-0.2, -0.15) is 0 Å². The Balaban J connectivity index is 1.27. The summed E-state index contributed by atoms with van der Waals surface area (Å²) < 4.78 is 13.2. The predicted molar refractivity (Wildman–Crippen MR) is 233 cm³/mol. The van der Waals surface area contributed by atoms with Crippen molar-refractivity contribution >= 4 is 46.0 Å². The third-order valence-corrected chi connectivity index (χ3v) is 10.7. The number of rotatable bonds is 16. The Morgan fingerprint density at radius 1 is 0.533 bits per heavy atom. The van der Waals surface area contributed by atoms with Crippen molar-refractivity contribution in [2.75, 3.05) is 38.1 Å². The Labute approximate surface area is 349 Å². The number of amides is 4. The van der Waals surface area contributed by atoms with E-state index in [4.69, 9.17) is 9.47 Å². The Hall–Kier alpha value is -7.15. The fourth-order valence-electron chi connectivity index (χ4n) is 7.19. The second kappa shape index (κ2) is 19.1. The smallest absolute Gasteiger partial charge is 0.330 e. The Morgan fingerprint density at radius 3 is 1.20 bits per heavy atom. The molecule has 0 bridgehead atoms. The van der Waals surface area contributed by atoms with Crippen LogP contribution in [-0.2, 0) is 32.0 Å². The Morgan fingerprint density at radius 2 is 0.867 bits per heavy atom. The molecule has 1 aromatic heterocycles. The fourth-order valence-corrected chi connectivity index (χ4v) is 7.19. The molecule has 0 aliphatic rings. The lowest BCUT2D eigenvalue weighted by Gasteiger charge is -2.26. The van der Waals surface area contributed by atoms with Crippen molar-refractivity contribution in [3.8, 4) is 11.5 Å². The number of imidazole rings is 1. The lowest BCUT2D eigenvalue weighted by molar-refractivity contribution is -0.129. The first-order valence-electron chi connectivity index (χ1n) is 19.6. The maximum atomic E-state index is 14.5. The summed E-state index contributed by atoms with van der Waals surface area (Å²) >= 11 is 0. The molecule has 6 rings (SSSR count). The van der Waals surface area contributed by atoms with Crippen LogP contribution in [0.2, 0.25) is 0 Å². The van der Waals surface area contributed by atoms with Crippen molar-refractivity contribution in [2.24, 2.45) is 0 Å². The molecule has 2 unspecified atom stereocenters. The quantitative estimate of drug-likeness (QED) is 0.127. The van der Waals surface area contributed by atoms with E-state index in [-0.39, 0.29) is 24.7 Å². The van der Waals surface area contributed by atoms with Crippen molar-refractivity contribution in [3.05, 3.63) is 155 Å².